The lowest BCUT2D eigenvalue weighted by molar-refractivity contribution is -0.138. The van der Waals surface area contributed by atoms with E-state index in [1.807, 2.05) is 11.8 Å². The first-order valence-corrected chi connectivity index (χ1v) is 7.41. The molecule has 0 amide bonds. The number of carboxylic acids is 1. The minimum absolute atomic E-state index is 0.439. The third-order valence-corrected chi connectivity index (χ3v) is 4.79. The third-order valence-electron chi connectivity index (χ3n) is 2.71. The van der Waals surface area contributed by atoms with Crippen molar-refractivity contribution in [1.29, 1.82) is 0 Å². The molecular formula is C10H15N3O2S2. The number of rotatable bonds is 3. The Hall–Kier alpha value is -0.790. The number of nitrogens with zero attached hydrogens (tertiary/aromatic N) is 2. The van der Waals surface area contributed by atoms with Gasteiger partial charge >= 0.3 is 5.97 Å². The highest BCUT2D eigenvalue weighted by Gasteiger charge is 2.24. The molecule has 1 aliphatic heterocycles. The smallest absolute Gasteiger partial charge is 0.326 e. The van der Waals surface area contributed by atoms with Gasteiger partial charge < -0.3 is 15.7 Å². The van der Waals surface area contributed by atoms with Crippen molar-refractivity contribution in [3.05, 3.63) is 11.1 Å². The first kappa shape index (κ1) is 12.7. The zero-order valence-corrected chi connectivity index (χ0v) is 11.1. The molecule has 0 aliphatic carbocycles. The molecule has 2 unspecified atom stereocenters. The molecule has 2 heterocycles. The summed E-state index contributed by atoms with van der Waals surface area (Å²) in [6.07, 6.45) is 0. The Kier molecular flexibility index (Phi) is 3.90. The van der Waals surface area contributed by atoms with Gasteiger partial charge in [-0.15, -0.1) is 11.3 Å². The fraction of sp³-hybridized carbons (Fsp3) is 0.600. The zero-order valence-electron chi connectivity index (χ0n) is 9.50. The van der Waals surface area contributed by atoms with Crippen LogP contribution < -0.4 is 10.6 Å². The summed E-state index contributed by atoms with van der Waals surface area (Å²) >= 11 is 3.40. The Morgan fingerprint density at radius 3 is 3.18 bits per heavy atom. The van der Waals surface area contributed by atoms with Crippen LogP contribution in [0.15, 0.2) is 5.38 Å². The normalized spacial score (nSPS) is 22.5. The van der Waals surface area contributed by atoms with Crippen LogP contribution in [-0.2, 0) is 4.79 Å². The Morgan fingerprint density at radius 2 is 2.53 bits per heavy atom. The summed E-state index contributed by atoms with van der Waals surface area (Å²) in [5.74, 6) is 1.13. The van der Waals surface area contributed by atoms with E-state index in [2.05, 4.69) is 16.8 Å². The van der Waals surface area contributed by atoms with Crippen molar-refractivity contribution in [2.75, 3.05) is 23.0 Å². The summed E-state index contributed by atoms with van der Waals surface area (Å²) in [7, 11) is 0. The summed E-state index contributed by atoms with van der Waals surface area (Å²) in [6, 6.07) is -0.580. The maximum atomic E-state index is 10.8. The third kappa shape index (κ3) is 2.72. The van der Waals surface area contributed by atoms with Crippen molar-refractivity contribution in [3.8, 4) is 0 Å². The van der Waals surface area contributed by atoms with E-state index in [4.69, 9.17) is 10.8 Å². The molecular weight excluding hydrogens is 258 g/mol. The summed E-state index contributed by atoms with van der Waals surface area (Å²) < 4.78 is 0. The predicted octanol–water partition coefficient (Wildman–Crippen LogP) is 1.17. The SMILES string of the molecule is CC1CSCCN1c1nc(C(N)C(=O)O)cs1. The van der Waals surface area contributed by atoms with Crippen molar-refractivity contribution < 1.29 is 9.90 Å². The van der Waals surface area contributed by atoms with Gasteiger partial charge in [-0.25, -0.2) is 4.98 Å². The molecule has 2 rings (SSSR count). The average molecular weight is 273 g/mol. The van der Waals surface area contributed by atoms with E-state index in [0.717, 1.165) is 23.2 Å². The highest BCUT2D eigenvalue weighted by molar-refractivity contribution is 7.99. The fourth-order valence-corrected chi connectivity index (χ4v) is 3.69. The molecule has 1 saturated heterocycles. The highest BCUT2D eigenvalue weighted by atomic mass is 32.2. The molecule has 3 N–H and O–H groups in total. The molecule has 7 heteroatoms. The van der Waals surface area contributed by atoms with Gasteiger partial charge in [0.25, 0.3) is 0 Å². The number of thioether (sulfide) groups is 1. The predicted molar refractivity (Wildman–Crippen MR) is 70.8 cm³/mol. The van der Waals surface area contributed by atoms with Crippen molar-refractivity contribution in [3.63, 3.8) is 0 Å². The minimum Gasteiger partial charge on any atom is -0.480 e. The fourth-order valence-electron chi connectivity index (χ4n) is 1.69. The molecule has 0 aromatic carbocycles. The number of hydrogen-bond donors (Lipinski definition) is 2. The van der Waals surface area contributed by atoms with Crippen LogP contribution in [-0.4, -0.2) is 40.2 Å². The lowest BCUT2D eigenvalue weighted by Gasteiger charge is -2.32. The summed E-state index contributed by atoms with van der Waals surface area (Å²) in [5.41, 5.74) is 5.98. The quantitative estimate of drug-likeness (QED) is 0.860. The van der Waals surface area contributed by atoms with Gasteiger partial charge in [0.2, 0.25) is 0 Å². The van der Waals surface area contributed by atoms with Crippen molar-refractivity contribution >= 4 is 34.2 Å². The van der Waals surface area contributed by atoms with Crippen LogP contribution in [0.2, 0.25) is 0 Å². The molecule has 1 aliphatic rings. The van der Waals surface area contributed by atoms with Crippen molar-refractivity contribution in [2.45, 2.75) is 19.0 Å². The molecule has 0 bridgehead atoms. The van der Waals surface area contributed by atoms with Gasteiger partial charge in [-0.2, -0.15) is 11.8 Å². The summed E-state index contributed by atoms with van der Waals surface area (Å²) in [6.45, 7) is 3.12. The second kappa shape index (κ2) is 5.24. The van der Waals surface area contributed by atoms with Crippen LogP contribution in [0.4, 0.5) is 5.13 Å². The summed E-state index contributed by atoms with van der Waals surface area (Å²) in [4.78, 5) is 17.3. The number of aliphatic carboxylic acids is 1. The first-order valence-electron chi connectivity index (χ1n) is 5.38. The van der Waals surface area contributed by atoms with Gasteiger partial charge in [0.1, 0.15) is 6.04 Å². The van der Waals surface area contributed by atoms with Gasteiger partial charge in [-0.05, 0) is 6.92 Å². The zero-order chi connectivity index (χ0) is 12.4. The second-order valence-electron chi connectivity index (χ2n) is 3.99. The number of nitrogens with two attached hydrogens (primary N) is 1. The molecule has 5 nitrogen and oxygen atoms in total. The monoisotopic (exact) mass is 273 g/mol. The van der Waals surface area contributed by atoms with Gasteiger partial charge in [-0.3, -0.25) is 4.79 Å². The minimum atomic E-state index is -1.04. The van der Waals surface area contributed by atoms with E-state index < -0.39 is 12.0 Å². The molecule has 0 saturated carbocycles. The van der Waals surface area contributed by atoms with E-state index in [1.54, 1.807) is 5.38 Å². The number of carboxylic acid groups (broad SMARTS) is 1. The summed E-state index contributed by atoms with van der Waals surface area (Å²) in [5, 5.41) is 11.4. The maximum Gasteiger partial charge on any atom is 0.326 e. The van der Waals surface area contributed by atoms with Gasteiger partial charge in [0.05, 0.1) is 5.69 Å². The lowest BCUT2D eigenvalue weighted by atomic mass is 10.2. The van der Waals surface area contributed by atoms with Crippen LogP contribution in [0, 0.1) is 0 Å². The molecule has 1 aromatic heterocycles. The topological polar surface area (TPSA) is 79.5 Å². The molecule has 17 heavy (non-hydrogen) atoms. The van der Waals surface area contributed by atoms with Crippen LogP contribution >= 0.6 is 23.1 Å². The molecule has 94 valence electrons. The Bertz CT molecular complexity index is 410. The average Bonchev–Trinajstić information content (AvgIpc) is 2.77. The lowest BCUT2D eigenvalue weighted by Crippen LogP contribution is -2.40. The molecule has 1 aromatic rings. The van der Waals surface area contributed by atoms with E-state index in [9.17, 15) is 4.79 Å². The van der Waals surface area contributed by atoms with E-state index >= 15 is 0 Å². The molecule has 0 radical (unpaired) electrons. The number of carbonyl (C=O) groups is 1. The van der Waals surface area contributed by atoms with E-state index in [1.165, 1.54) is 11.3 Å². The number of hydrogen-bond acceptors (Lipinski definition) is 6. The molecule has 0 spiro atoms. The Morgan fingerprint density at radius 1 is 1.76 bits per heavy atom. The van der Waals surface area contributed by atoms with Gasteiger partial charge in [0, 0.05) is 29.5 Å². The first-order chi connectivity index (χ1) is 8.09. The van der Waals surface area contributed by atoms with Crippen molar-refractivity contribution in [2.24, 2.45) is 5.73 Å². The number of aromatic nitrogens is 1. The van der Waals surface area contributed by atoms with Crippen LogP contribution in [0.25, 0.3) is 0 Å². The standard InChI is InChI=1S/C10H15N3O2S2/c1-6-4-16-3-2-13(6)10-12-7(5-17-10)8(11)9(14)15/h5-6,8H,2-4,11H2,1H3,(H,14,15). The van der Waals surface area contributed by atoms with Gasteiger partial charge in [0.15, 0.2) is 5.13 Å². The number of thiazole rings is 1. The maximum absolute atomic E-state index is 10.8. The molecule has 1 fully saturated rings. The van der Waals surface area contributed by atoms with Crippen LogP contribution in [0.3, 0.4) is 0 Å². The number of anilines is 1. The molecule has 2 atom stereocenters. The van der Waals surface area contributed by atoms with Crippen molar-refractivity contribution in [1.82, 2.24) is 4.98 Å². The second-order valence-corrected chi connectivity index (χ2v) is 5.97. The Labute approximate surface area is 108 Å². The van der Waals surface area contributed by atoms with Crippen LogP contribution in [0.1, 0.15) is 18.7 Å². The Balaban J connectivity index is 2.14. The van der Waals surface area contributed by atoms with E-state index in [-0.39, 0.29) is 0 Å². The largest absolute Gasteiger partial charge is 0.480 e. The van der Waals surface area contributed by atoms with Gasteiger partial charge in [-0.1, -0.05) is 0 Å². The highest BCUT2D eigenvalue weighted by Crippen LogP contribution is 2.28. The van der Waals surface area contributed by atoms with Crippen LogP contribution in [0.5, 0.6) is 0 Å². The van der Waals surface area contributed by atoms with E-state index in [0.29, 0.717) is 11.7 Å².